The summed E-state index contributed by atoms with van der Waals surface area (Å²) in [5.41, 5.74) is 0.410. The Morgan fingerprint density at radius 2 is 1.88 bits per heavy atom. The quantitative estimate of drug-likeness (QED) is 0.268. The molecule has 0 bridgehead atoms. The van der Waals surface area contributed by atoms with E-state index in [0.29, 0.717) is 26.2 Å². The van der Waals surface area contributed by atoms with Crippen LogP contribution in [-0.4, -0.2) is 66.9 Å². The summed E-state index contributed by atoms with van der Waals surface area (Å²) >= 11 is 0. The Balaban J connectivity index is 1.49. The van der Waals surface area contributed by atoms with Gasteiger partial charge in [-0.15, -0.1) is 6.42 Å². The van der Waals surface area contributed by atoms with Crippen molar-refractivity contribution < 1.29 is 33.4 Å². The van der Waals surface area contributed by atoms with Crippen molar-refractivity contribution in [2.45, 2.75) is 44.6 Å². The minimum absolute atomic E-state index is 0.0397. The number of ether oxygens (including phenoxy) is 2. The van der Waals surface area contributed by atoms with Gasteiger partial charge in [0.1, 0.15) is 12.6 Å². The van der Waals surface area contributed by atoms with Crippen LogP contribution in [-0.2, 0) is 23.9 Å². The summed E-state index contributed by atoms with van der Waals surface area (Å²) in [5.74, 6) is -0.301. The van der Waals surface area contributed by atoms with Crippen LogP contribution in [0, 0.1) is 12.3 Å². The van der Waals surface area contributed by atoms with E-state index in [1.807, 2.05) is 0 Å². The van der Waals surface area contributed by atoms with Gasteiger partial charge in [-0.1, -0.05) is 18.4 Å². The lowest BCUT2D eigenvalue weighted by atomic mass is 10.0. The van der Waals surface area contributed by atoms with Gasteiger partial charge in [-0.3, -0.25) is 34.2 Å². The minimum atomic E-state index is -1.06. The van der Waals surface area contributed by atoms with Crippen LogP contribution in [0.2, 0.25) is 0 Å². The zero-order valence-electron chi connectivity index (χ0n) is 18.8. The molecule has 5 amide bonds. The van der Waals surface area contributed by atoms with Crippen molar-refractivity contribution in [1.29, 1.82) is 0 Å². The fraction of sp³-hybridized carbons (Fsp3) is 0.458. The number of carbonyl (C=O) groups is 5. The molecule has 3 rings (SSSR count). The number of benzene rings is 1. The molecule has 2 aliphatic rings. The highest BCUT2D eigenvalue weighted by molar-refractivity contribution is 6.26. The predicted octanol–water partition coefficient (Wildman–Crippen LogP) is 1.25. The van der Waals surface area contributed by atoms with Crippen LogP contribution in [0.5, 0.6) is 0 Å². The number of piperidine rings is 1. The third-order valence-electron chi connectivity index (χ3n) is 5.49. The van der Waals surface area contributed by atoms with Crippen molar-refractivity contribution in [3.63, 3.8) is 0 Å². The fourth-order valence-electron chi connectivity index (χ4n) is 3.85. The van der Waals surface area contributed by atoms with Gasteiger partial charge in [0.05, 0.1) is 30.0 Å². The SMILES string of the molecule is C#CCOCCOCCCCCC(=O)Nc1cccc2c1C(=O)N(C1CCC(=O)NC1=O)C2=O. The van der Waals surface area contributed by atoms with Gasteiger partial charge in [0.25, 0.3) is 11.8 Å². The van der Waals surface area contributed by atoms with E-state index in [0.717, 1.165) is 17.7 Å². The molecule has 10 heteroatoms. The summed E-state index contributed by atoms with van der Waals surface area (Å²) in [6, 6.07) is 3.54. The summed E-state index contributed by atoms with van der Waals surface area (Å²) in [6.07, 6.45) is 7.63. The van der Waals surface area contributed by atoms with E-state index in [-0.39, 0.29) is 48.6 Å². The summed E-state index contributed by atoms with van der Waals surface area (Å²) in [7, 11) is 0. The maximum absolute atomic E-state index is 13.0. The predicted molar refractivity (Wildman–Crippen MR) is 121 cm³/mol. The highest BCUT2D eigenvalue weighted by Crippen LogP contribution is 2.32. The lowest BCUT2D eigenvalue weighted by molar-refractivity contribution is -0.136. The second-order valence-corrected chi connectivity index (χ2v) is 7.90. The number of nitrogens with one attached hydrogen (secondary N) is 2. The lowest BCUT2D eigenvalue weighted by Gasteiger charge is -2.27. The lowest BCUT2D eigenvalue weighted by Crippen LogP contribution is -2.54. The molecule has 0 spiro atoms. The van der Waals surface area contributed by atoms with Crippen LogP contribution in [0.3, 0.4) is 0 Å². The number of amides is 5. The van der Waals surface area contributed by atoms with Crippen molar-refractivity contribution in [3.8, 4) is 12.3 Å². The van der Waals surface area contributed by atoms with Crippen LogP contribution >= 0.6 is 0 Å². The Morgan fingerprint density at radius 1 is 1.09 bits per heavy atom. The zero-order chi connectivity index (χ0) is 24.5. The third kappa shape index (κ3) is 6.07. The molecule has 0 aromatic heterocycles. The van der Waals surface area contributed by atoms with E-state index in [2.05, 4.69) is 16.6 Å². The van der Waals surface area contributed by atoms with Crippen molar-refractivity contribution in [3.05, 3.63) is 29.3 Å². The molecular weight excluding hydrogens is 442 g/mol. The number of hydrogen-bond acceptors (Lipinski definition) is 7. The van der Waals surface area contributed by atoms with Crippen LogP contribution in [0.4, 0.5) is 5.69 Å². The summed E-state index contributed by atoms with van der Waals surface area (Å²) in [4.78, 5) is 62.8. The Morgan fingerprint density at radius 3 is 2.65 bits per heavy atom. The van der Waals surface area contributed by atoms with Gasteiger partial charge in [0.15, 0.2) is 0 Å². The molecule has 1 aromatic carbocycles. The van der Waals surface area contributed by atoms with E-state index >= 15 is 0 Å². The van der Waals surface area contributed by atoms with Crippen molar-refractivity contribution in [2.75, 3.05) is 31.7 Å². The maximum Gasteiger partial charge on any atom is 0.264 e. The van der Waals surface area contributed by atoms with Crippen LogP contribution in [0.25, 0.3) is 0 Å². The topological polar surface area (TPSA) is 131 Å². The van der Waals surface area contributed by atoms with E-state index < -0.39 is 29.7 Å². The van der Waals surface area contributed by atoms with Gasteiger partial charge >= 0.3 is 0 Å². The first kappa shape index (κ1) is 25.1. The average Bonchev–Trinajstić information content (AvgIpc) is 3.06. The molecular formula is C24H27N3O7. The van der Waals surface area contributed by atoms with E-state index in [1.165, 1.54) is 6.07 Å². The molecule has 0 radical (unpaired) electrons. The standard InChI is InChI=1S/C24H27N3O7/c1-2-12-33-14-15-34-13-5-3-4-9-19(28)25-17-8-6-7-16-21(17)24(32)27(23(16)31)18-10-11-20(29)26-22(18)30/h1,6-8,18H,3-5,9-15H2,(H,25,28)(H,26,29,30). The number of nitrogens with zero attached hydrogens (tertiary/aromatic N) is 1. The fourth-order valence-corrected chi connectivity index (χ4v) is 3.85. The number of fused-ring (bicyclic) bond motifs is 1. The number of anilines is 1. The molecule has 2 aliphatic heterocycles. The number of terminal acetylenes is 1. The molecule has 1 fully saturated rings. The summed E-state index contributed by atoms with van der Waals surface area (Å²) in [5, 5.41) is 4.87. The molecule has 1 unspecified atom stereocenters. The van der Waals surface area contributed by atoms with Gasteiger partial charge < -0.3 is 14.8 Å². The summed E-state index contributed by atoms with van der Waals surface area (Å²) < 4.78 is 10.5. The molecule has 0 saturated carbocycles. The first-order valence-corrected chi connectivity index (χ1v) is 11.2. The van der Waals surface area contributed by atoms with Crippen molar-refractivity contribution >= 4 is 35.2 Å². The Hall–Kier alpha value is -3.55. The van der Waals surface area contributed by atoms with Crippen molar-refractivity contribution in [2.24, 2.45) is 0 Å². The minimum Gasteiger partial charge on any atom is -0.379 e. The highest BCUT2D eigenvalue weighted by Gasteiger charge is 2.45. The molecule has 180 valence electrons. The van der Waals surface area contributed by atoms with Gasteiger partial charge in [0.2, 0.25) is 17.7 Å². The largest absolute Gasteiger partial charge is 0.379 e. The molecule has 2 N–H and O–H groups in total. The van der Waals surface area contributed by atoms with Crippen molar-refractivity contribution in [1.82, 2.24) is 10.2 Å². The van der Waals surface area contributed by atoms with Crippen LogP contribution in [0.15, 0.2) is 18.2 Å². The van der Waals surface area contributed by atoms with E-state index in [4.69, 9.17) is 15.9 Å². The molecule has 2 heterocycles. The maximum atomic E-state index is 13.0. The van der Waals surface area contributed by atoms with E-state index in [9.17, 15) is 24.0 Å². The monoisotopic (exact) mass is 469 g/mol. The second-order valence-electron chi connectivity index (χ2n) is 7.90. The average molecular weight is 469 g/mol. The normalized spacial score (nSPS) is 17.4. The molecule has 10 nitrogen and oxygen atoms in total. The highest BCUT2D eigenvalue weighted by atomic mass is 16.5. The summed E-state index contributed by atoms with van der Waals surface area (Å²) in [6.45, 7) is 1.72. The number of rotatable bonds is 12. The van der Waals surface area contributed by atoms with Gasteiger partial charge in [-0.2, -0.15) is 0 Å². The molecule has 0 aliphatic carbocycles. The van der Waals surface area contributed by atoms with Crippen LogP contribution in [0.1, 0.15) is 59.2 Å². The molecule has 1 atom stereocenters. The number of hydrogen-bond donors (Lipinski definition) is 2. The van der Waals surface area contributed by atoms with E-state index in [1.54, 1.807) is 12.1 Å². The smallest absolute Gasteiger partial charge is 0.264 e. The molecule has 1 aromatic rings. The van der Waals surface area contributed by atoms with Gasteiger partial charge in [0, 0.05) is 19.4 Å². The number of unbranched alkanes of at least 4 members (excludes halogenated alkanes) is 2. The Kier molecular flexibility index (Phi) is 8.90. The Labute approximate surface area is 197 Å². The van der Waals surface area contributed by atoms with Crippen LogP contribution < -0.4 is 10.6 Å². The molecule has 1 saturated heterocycles. The second kappa shape index (κ2) is 12.1. The first-order chi connectivity index (χ1) is 16.4. The first-order valence-electron chi connectivity index (χ1n) is 11.2. The molecule has 34 heavy (non-hydrogen) atoms. The number of carbonyl (C=O) groups excluding carboxylic acids is 5. The van der Waals surface area contributed by atoms with Gasteiger partial charge in [-0.05, 0) is 31.4 Å². The zero-order valence-corrected chi connectivity index (χ0v) is 18.8. The van der Waals surface area contributed by atoms with Gasteiger partial charge in [-0.25, -0.2) is 0 Å². The number of imide groups is 2. The Bertz CT molecular complexity index is 1010. The third-order valence-corrected chi connectivity index (χ3v) is 5.49.